The predicted octanol–water partition coefficient (Wildman–Crippen LogP) is 3.19. The standard InChI is InChI=1S/C14H12F2N2OS/c15-9-1-2-13(16)11(5-9)10(3-4-19)12(6-17)14-7-20-8-18-14/h1-2,5,7-8,10,12,19H,3-4H2/t10-,12-/m1/s1. The molecule has 1 aromatic heterocycles. The quantitative estimate of drug-likeness (QED) is 0.921. The first kappa shape index (κ1) is 14.6. The molecule has 0 bridgehead atoms. The van der Waals surface area contributed by atoms with Crippen molar-refractivity contribution in [2.24, 2.45) is 0 Å². The highest BCUT2D eigenvalue weighted by Crippen LogP contribution is 2.36. The van der Waals surface area contributed by atoms with Gasteiger partial charge in [-0.25, -0.2) is 13.8 Å². The molecule has 3 nitrogen and oxygen atoms in total. The van der Waals surface area contributed by atoms with Crippen molar-refractivity contribution in [1.29, 1.82) is 5.26 Å². The molecule has 0 aliphatic carbocycles. The number of hydrogen-bond acceptors (Lipinski definition) is 4. The minimum Gasteiger partial charge on any atom is -0.396 e. The minimum absolute atomic E-state index is 0.0959. The fourth-order valence-electron chi connectivity index (χ4n) is 2.18. The molecule has 0 unspecified atom stereocenters. The van der Waals surface area contributed by atoms with Crippen LogP contribution >= 0.6 is 11.3 Å². The number of benzene rings is 1. The van der Waals surface area contributed by atoms with Gasteiger partial charge in [-0.3, -0.25) is 0 Å². The third-order valence-electron chi connectivity index (χ3n) is 3.11. The van der Waals surface area contributed by atoms with E-state index in [2.05, 4.69) is 11.1 Å². The highest BCUT2D eigenvalue weighted by molar-refractivity contribution is 7.07. The maximum Gasteiger partial charge on any atom is 0.126 e. The van der Waals surface area contributed by atoms with Crippen LogP contribution in [0.5, 0.6) is 0 Å². The van der Waals surface area contributed by atoms with Gasteiger partial charge in [0.2, 0.25) is 0 Å². The Kier molecular flexibility index (Phi) is 4.77. The molecule has 0 aliphatic rings. The lowest BCUT2D eigenvalue weighted by Crippen LogP contribution is -2.14. The van der Waals surface area contributed by atoms with E-state index in [-0.39, 0.29) is 18.6 Å². The Balaban J connectivity index is 2.45. The second kappa shape index (κ2) is 6.55. The first-order valence-corrected chi connectivity index (χ1v) is 6.95. The largest absolute Gasteiger partial charge is 0.396 e. The Morgan fingerprint density at radius 1 is 1.40 bits per heavy atom. The molecule has 1 heterocycles. The van der Waals surface area contributed by atoms with Crippen LogP contribution in [0.1, 0.15) is 29.5 Å². The lowest BCUT2D eigenvalue weighted by molar-refractivity contribution is 0.270. The van der Waals surface area contributed by atoms with Crippen LogP contribution in [0.25, 0.3) is 0 Å². The van der Waals surface area contributed by atoms with Gasteiger partial charge < -0.3 is 5.11 Å². The summed E-state index contributed by atoms with van der Waals surface area (Å²) in [5, 5.41) is 20.2. The van der Waals surface area contributed by atoms with Gasteiger partial charge in [0.1, 0.15) is 11.6 Å². The van der Waals surface area contributed by atoms with Gasteiger partial charge in [-0.2, -0.15) is 5.26 Å². The number of aliphatic hydroxyl groups excluding tert-OH is 1. The van der Waals surface area contributed by atoms with E-state index in [4.69, 9.17) is 5.11 Å². The van der Waals surface area contributed by atoms with Crippen LogP contribution in [0.3, 0.4) is 0 Å². The van der Waals surface area contributed by atoms with E-state index in [1.165, 1.54) is 11.3 Å². The van der Waals surface area contributed by atoms with Crippen molar-refractivity contribution in [2.75, 3.05) is 6.61 Å². The molecular weight excluding hydrogens is 282 g/mol. The van der Waals surface area contributed by atoms with E-state index >= 15 is 0 Å². The second-order valence-corrected chi connectivity index (χ2v) is 5.02. The molecule has 0 spiro atoms. The van der Waals surface area contributed by atoms with Crippen LogP contribution in [0.2, 0.25) is 0 Å². The maximum atomic E-state index is 13.9. The zero-order valence-electron chi connectivity index (χ0n) is 10.5. The van der Waals surface area contributed by atoms with Crippen LogP contribution in [-0.4, -0.2) is 16.7 Å². The van der Waals surface area contributed by atoms with Gasteiger partial charge in [-0.05, 0) is 30.2 Å². The number of hydrogen-bond donors (Lipinski definition) is 1. The highest BCUT2D eigenvalue weighted by Gasteiger charge is 2.28. The van der Waals surface area contributed by atoms with Crippen molar-refractivity contribution >= 4 is 11.3 Å². The van der Waals surface area contributed by atoms with E-state index in [0.29, 0.717) is 5.69 Å². The molecule has 104 valence electrons. The summed E-state index contributed by atoms with van der Waals surface area (Å²) in [7, 11) is 0. The summed E-state index contributed by atoms with van der Waals surface area (Å²) in [6.45, 7) is -0.219. The van der Waals surface area contributed by atoms with E-state index < -0.39 is 23.5 Å². The molecule has 1 aromatic carbocycles. The number of nitrogens with zero attached hydrogens (tertiary/aromatic N) is 2. The Hall–Kier alpha value is -1.84. The third-order valence-corrected chi connectivity index (χ3v) is 3.71. The van der Waals surface area contributed by atoms with Crippen LogP contribution in [-0.2, 0) is 0 Å². The molecular formula is C14H12F2N2OS. The summed E-state index contributed by atoms with van der Waals surface area (Å²) < 4.78 is 27.2. The number of nitriles is 1. The summed E-state index contributed by atoms with van der Waals surface area (Å²) in [4.78, 5) is 4.07. The summed E-state index contributed by atoms with van der Waals surface area (Å²) >= 11 is 1.33. The van der Waals surface area contributed by atoms with Crippen LogP contribution in [0, 0.1) is 23.0 Å². The third kappa shape index (κ3) is 3.00. The van der Waals surface area contributed by atoms with Crippen LogP contribution in [0.4, 0.5) is 8.78 Å². The number of halogens is 2. The molecule has 0 aliphatic heterocycles. The van der Waals surface area contributed by atoms with Gasteiger partial charge in [0.05, 0.1) is 23.2 Å². The molecule has 2 aromatic rings. The molecule has 0 fully saturated rings. The Bertz CT molecular complexity index is 610. The first-order chi connectivity index (χ1) is 9.67. The fourth-order valence-corrected chi connectivity index (χ4v) is 2.77. The first-order valence-electron chi connectivity index (χ1n) is 6.01. The van der Waals surface area contributed by atoms with Crippen molar-refractivity contribution in [3.8, 4) is 6.07 Å². The smallest absolute Gasteiger partial charge is 0.126 e. The van der Waals surface area contributed by atoms with Crippen molar-refractivity contribution < 1.29 is 13.9 Å². The van der Waals surface area contributed by atoms with E-state index in [0.717, 1.165) is 18.2 Å². The number of aromatic nitrogens is 1. The Morgan fingerprint density at radius 2 is 2.20 bits per heavy atom. The van der Waals surface area contributed by atoms with Gasteiger partial charge in [-0.15, -0.1) is 11.3 Å². The normalized spacial score (nSPS) is 13.7. The van der Waals surface area contributed by atoms with Crippen molar-refractivity contribution in [2.45, 2.75) is 18.3 Å². The zero-order valence-corrected chi connectivity index (χ0v) is 11.3. The van der Waals surface area contributed by atoms with Gasteiger partial charge in [-0.1, -0.05) is 0 Å². The average Bonchev–Trinajstić information content (AvgIpc) is 2.95. The molecule has 0 saturated heterocycles. The molecule has 20 heavy (non-hydrogen) atoms. The molecule has 0 amide bonds. The van der Waals surface area contributed by atoms with Crippen molar-refractivity contribution in [3.63, 3.8) is 0 Å². The lowest BCUT2D eigenvalue weighted by atomic mass is 9.82. The molecule has 2 rings (SSSR count). The van der Waals surface area contributed by atoms with Gasteiger partial charge in [0.25, 0.3) is 0 Å². The van der Waals surface area contributed by atoms with Crippen LogP contribution in [0.15, 0.2) is 29.1 Å². The number of thiazole rings is 1. The number of rotatable bonds is 5. The van der Waals surface area contributed by atoms with Gasteiger partial charge in [0, 0.05) is 17.9 Å². The minimum atomic E-state index is -0.718. The van der Waals surface area contributed by atoms with E-state index in [9.17, 15) is 14.0 Å². The average molecular weight is 294 g/mol. The summed E-state index contributed by atoms with van der Waals surface area (Å²) in [5.41, 5.74) is 2.19. The predicted molar refractivity (Wildman–Crippen MR) is 71.3 cm³/mol. The summed E-state index contributed by atoms with van der Waals surface area (Å²) in [6, 6.07) is 5.21. The summed E-state index contributed by atoms with van der Waals surface area (Å²) in [6.07, 6.45) is 0.163. The van der Waals surface area contributed by atoms with E-state index in [1.807, 2.05) is 0 Å². The zero-order chi connectivity index (χ0) is 14.5. The van der Waals surface area contributed by atoms with Crippen molar-refractivity contribution in [3.05, 3.63) is 52.0 Å². The molecule has 2 atom stereocenters. The van der Waals surface area contributed by atoms with Gasteiger partial charge >= 0.3 is 0 Å². The maximum absolute atomic E-state index is 13.9. The molecule has 1 N–H and O–H groups in total. The summed E-state index contributed by atoms with van der Waals surface area (Å²) in [5.74, 6) is -2.51. The number of aliphatic hydroxyl groups is 1. The SMILES string of the molecule is N#C[C@@H](c1cscn1)[C@H](CCO)c1cc(F)ccc1F. The highest BCUT2D eigenvalue weighted by atomic mass is 32.1. The molecule has 0 saturated carbocycles. The van der Waals surface area contributed by atoms with Gasteiger partial charge in [0.15, 0.2) is 0 Å². The Labute approximate surface area is 119 Å². The Morgan fingerprint density at radius 3 is 2.80 bits per heavy atom. The monoisotopic (exact) mass is 294 g/mol. The van der Waals surface area contributed by atoms with Crippen LogP contribution < -0.4 is 0 Å². The van der Waals surface area contributed by atoms with Crippen molar-refractivity contribution in [1.82, 2.24) is 4.98 Å². The lowest BCUT2D eigenvalue weighted by Gasteiger charge is -2.21. The van der Waals surface area contributed by atoms with E-state index in [1.54, 1.807) is 10.9 Å². The molecule has 0 radical (unpaired) electrons. The molecule has 6 heteroatoms. The topological polar surface area (TPSA) is 56.9 Å². The second-order valence-electron chi connectivity index (χ2n) is 4.30. The fraction of sp³-hybridized carbons (Fsp3) is 0.286.